The van der Waals surface area contributed by atoms with Gasteiger partial charge in [0.1, 0.15) is 11.1 Å². The van der Waals surface area contributed by atoms with Crippen molar-refractivity contribution in [2.75, 3.05) is 0 Å². The zero-order valence-corrected chi connectivity index (χ0v) is 7.45. The Labute approximate surface area is 78.2 Å². The van der Waals surface area contributed by atoms with Crippen LogP contribution in [0.5, 0.6) is 11.6 Å². The van der Waals surface area contributed by atoms with Crippen LogP contribution in [0.15, 0.2) is 6.20 Å². The molecule has 0 saturated carbocycles. The largest absolute Gasteiger partial charge is 0.505 e. The minimum Gasteiger partial charge on any atom is -0.505 e. The summed E-state index contributed by atoms with van der Waals surface area (Å²) in [6.45, 7) is 0. The first-order valence-electron chi connectivity index (χ1n) is 3.50. The average molecular weight is 200 g/mol. The fraction of sp³-hybridized carbons (Fsp3) is 0.143. The van der Waals surface area contributed by atoms with E-state index in [2.05, 4.69) is 9.97 Å². The van der Waals surface area contributed by atoms with Gasteiger partial charge in [-0.3, -0.25) is 0 Å². The van der Waals surface area contributed by atoms with Crippen LogP contribution >= 0.6 is 11.6 Å². The second kappa shape index (κ2) is 2.50. The number of hydrogen-bond donors (Lipinski definition) is 2. The normalized spacial score (nSPS) is 10.9. The fourth-order valence-corrected chi connectivity index (χ4v) is 1.37. The molecule has 2 rings (SSSR count). The van der Waals surface area contributed by atoms with Crippen LogP contribution < -0.4 is 0 Å². The van der Waals surface area contributed by atoms with Gasteiger partial charge < -0.3 is 14.8 Å². The van der Waals surface area contributed by atoms with E-state index in [-0.39, 0.29) is 22.3 Å². The number of hydrogen-bond acceptors (Lipinski definition) is 4. The molecule has 13 heavy (non-hydrogen) atoms. The van der Waals surface area contributed by atoms with E-state index in [9.17, 15) is 10.2 Å². The highest BCUT2D eigenvalue weighted by molar-refractivity contribution is 6.28. The summed E-state index contributed by atoms with van der Waals surface area (Å²) in [5.74, 6) is -0.375. The molecule has 0 atom stereocenters. The maximum atomic E-state index is 9.36. The summed E-state index contributed by atoms with van der Waals surface area (Å²) in [4.78, 5) is 7.37. The third kappa shape index (κ3) is 1.08. The smallest absolute Gasteiger partial charge is 0.228 e. The molecule has 0 aliphatic rings. The molecule has 0 radical (unpaired) electrons. The zero-order valence-electron chi connectivity index (χ0n) is 6.69. The van der Waals surface area contributed by atoms with Crippen molar-refractivity contribution in [2.45, 2.75) is 0 Å². The fourth-order valence-electron chi connectivity index (χ4n) is 1.21. The lowest BCUT2D eigenvalue weighted by Gasteiger charge is -1.96. The minimum absolute atomic E-state index is 0.0498. The maximum Gasteiger partial charge on any atom is 0.228 e. The van der Waals surface area contributed by atoms with Gasteiger partial charge in [-0.25, -0.2) is 0 Å². The number of halogens is 1. The molecule has 2 aromatic heterocycles. The van der Waals surface area contributed by atoms with E-state index in [1.54, 1.807) is 11.6 Å². The Hall–Kier alpha value is -1.49. The summed E-state index contributed by atoms with van der Waals surface area (Å²) in [6.07, 6.45) is 1.43. The first-order chi connectivity index (χ1) is 6.09. The second-order valence-electron chi connectivity index (χ2n) is 2.64. The zero-order chi connectivity index (χ0) is 9.59. The van der Waals surface area contributed by atoms with Crippen molar-refractivity contribution in [1.29, 1.82) is 0 Å². The molecule has 5 nitrogen and oxygen atoms in total. The quantitative estimate of drug-likeness (QED) is 0.622. The highest BCUT2D eigenvalue weighted by atomic mass is 35.5. The van der Waals surface area contributed by atoms with Crippen molar-refractivity contribution < 1.29 is 10.2 Å². The molecule has 0 amide bonds. The SMILES string of the molecule is Cn1cc(O)c2c(O)nc(Cl)nc21. The van der Waals surface area contributed by atoms with Crippen molar-refractivity contribution in [2.24, 2.45) is 7.05 Å². The van der Waals surface area contributed by atoms with Gasteiger partial charge in [-0.05, 0) is 11.6 Å². The Bertz CT molecular complexity index is 480. The Morgan fingerprint density at radius 3 is 2.77 bits per heavy atom. The molecule has 2 heterocycles. The van der Waals surface area contributed by atoms with E-state index in [0.29, 0.717) is 5.65 Å². The Balaban J connectivity index is 2.97. The van der Waals surface area contributed by atoms with E-state index in [0.717, 1.165) is 0 Å². The lowest BCUT2D eigenvalue weighted by molar-refractivity contribution is 0.450. The summed E-state index contributed by atoms with van der Waals surface area (Å²) >= 11 is 5.53. The van der Waals surface area contributed by atoms with Gasteiger partial charge in [0.05, 0.1) is 0 Å². The third-order valence-electron chi connectivity index (χ3n) is 1.75. The van der Waals surface area contributed by atoms with Crippen LogP contribution in [-0.2, 0) is 7.05 Å². The average Bonchev–Trinajstić information content (AvgIpc) is 2.27. The molecule has 0 saturated heterocycles. The van der Waals surface area contributed by atoms with E-state index < -0.39 is 0 Å². The third-order valence-corrected chi connectivity index (χ3v) is 1.92. The van der Waals surface area contributed by atoms with Crippen LogP contribution in [0.2, 0.25) is 5.28 Å². The van der Waals surface area contributed by atoms with Gasteiger partial charge in [-0.2, -0.15) is 9.97 Å². The van der Waals surface area contributed by atoms with Crippen molar-refractivity contribution >= 4 is 22.6 Å². The molecule has 68 valence electrons. The highest BCUT2D eigenvalue weighted by Crippen LogP contribution is 2.31. The topological polar surface area (TPSA) is 71.2 Å². The number of rotatable bonds is 0. The number of nitrogens with zero attached hydrogens (tertiary/aromatic N) is 3. The van der Waals surface area contributed by atoms with Gasteiger partial charge in [0.25, 0.3) is 0 Å². The summed E-state index contributed by atoms with van der Waals surface area (Å²) in [5.41, 5.74) is 0.398. The van der Waals surface area contributed by atoms with Gasteiger partial charge in [-0.15, -0.1) is 0 Å². The molecular weight excluding hydrogens is 194 g/mol. The number of aromatic hydroxyl groups is 2. The Morgan fingerprint density at radius 2 is 2.08 bits per heavy atom. The predicted octanol–water partition coefficient (Wildman–Crippen LogP) is 1.03. The summed E-state index contributed by atoms with van der Waals surface area (Å²) in [7, 11) is 1.69. The number of fused-ring (bicyclic) bond motifs is 1. The Kier molecular flexibility index (Phi) is 1.56. The Morgan fingerprint density at radius 1 is 1.38 bits per heavy atom. The van der Waals surface area contributed by atoms with Gasteiger partial charge in [0.2, 0.25) is 11.2 Å². The maximum absolute atomic E-state index is 9.36. The molecular formula is C7H6ClN3O2. The molecule has 0 spiro atoms. The molecule has 0 fully saturated rings. The van der Waals surface area contributed by atoms with E-state index >= 15 is 0 Å². The van der Waals surface area contributed by atoms with E-state index in [4.69, 9.17) is 11.6 Å². The first-order valence-corrected chi connectivity index (χ1v) is 3.88. The monoisotopic (exact) mass is 199 g/mol. The van der Waals surface area contributed by atoms with Crippen molar-refractivity contribution in [3.05, 3.63) is 11.5 Å². The summed E-state index contributed by atoms with van der Waals surface area (Å²) in [6, 6.07) is 0. The summed E-state index contributed by atoms with van der Waals surface area (Å²) < 4.78 is 1.55. The van der Waals surface area contributed by atoms with Gasteiger partial charge >= 0.3 is 0 Å². The van der Waals surface area contributed by atoms with E-state index in [1.165, 1.54) is 6.20 Å². The highest BCUT2D eigenvalue weighted by Gasteiger charge is 2.13. The molecule has 0 aromatic carbocycles. The van der Waals surface area contributed by atoms with Crippen LogP contribution in [0.1, 0.15) is 0 Å². The number of aromatic nitrogens is 3. The summed E-state index contributed by atoms with van der Waals surface area (Å²) in [5, 5.41) is 18.9. The van der Waals surface area contributed by atoms with Crippen molar-refractivity contribution in [3.8, 4) is 11.6 Å². The van der Waals surface area contributed by atoms with Crippen LogP contribution in [0.4, 0.5) is 0 Å². The first kappa shape index (κ1) is 8.12. The molecule has 2 N–H and O–H groups in total. The van der Waals surface area contributed by atoms with E-state index in [1.807, 2.05) is 0 Å². The molecule has 2 aromatic rings. The van der Waals surface area contributed by atoms with Gasteiger partial charge in [0, 0.05) is 13.2 Å². The van der Waals surface area contributed by atoms with Crippen LogP contribution in [-0.4, -0.2) is 24.7 Å². The lowest BCUT2D eigenvalue weighted by atomic mass is 10.4. The molecule has 0 bridgehead atoms. The second-order valence-corrected chi connectivity index (χ2v) is 2.98. The molecule has 0 aliphatic carbocycles. The molecule has 0 aliphatic heterocycles. The van der Waals surface area contributed by atoms with Gasteiger partial charge in [-0.1, -0.05) is 0 Å². The van der Waals surface area contributed by atoms with Crippen LogP contribution in [0.3, 0.4) is 0 Å². The molecule has 0 unspecified atom stereocenters. The van der Waals surface area contributed by atoms with Crippen LogP contribution in [0, 0.1) is 0 Å². The lowest BCUT2D eigenvalue weighted by Crippen LogP contribution is -1.90. The standard InChI is InChI=1S/C7H6ClN3O2/c1-11-2-3(12)4-5(11)9-7(8)10-6(4)13/h2,12H,1H3,(H,9,10,13). The minimum atomic E-state index is -0.312. The number of aryl methyl sites for hydroxylation is 1. The predicted molar refractivity (Wildman–Crippen MR) is 46.8 cm³/mol. The molecule has 6 heteroatoms. The van der Waals surface area contributed by atoms with Crippen LogP contribution in [0.25, 0.3) is 11.0 Å². The van der Waals surface area contributed by atoms with Crippen molar-refractivity contribution in [1.82, 2.24) is 14.5 Å². The van der Waals surface area contributed by atoms with Gasteiger partial charge in [0.15, 0.2) is 5.65 Å². The van der Waals surface area contributed by atoms with Crippen molar-refractivity contribution in [3.63, 3.8) is 0 Å².